The van der Waals surface area contributed by atoms with E-state index in [4.69, 9.17) is 13.9 Å². The molecule has 0 amide bonds. The first kappa shape index (κ1) is 15.1. The second kappa shape index (κ2) is 6.51. The summed E-state index contributed by atoms with van der Waals surface area (Å²) in [5, 5.41) is 0. The minimum absolute atomic E-state index is 0.160. The lowest BCUT2D eigenvalue weighted by Gasteiger charge is -2.50. The van der Waals surface area contributed by atoms with E-state index in [1.165, 1.54) is 6.42 Å². The van der Waals surface area contributed by atoms with Crippen LogP contribution in [0.5, 0.6) is 0 Å². The summed E-state index contributed by atoms with van der Waals surface area (Å²) in [5.41, 5.74) is 0.160. The van der Waals surface area contributed by atoms with E-state index in [2.05, 4.69) is 24.8 Å². The van der Waals surface area contributed by atoms with Crippen LogP contribution in [0.4, 0.5) is 0 Å². The standard InChI is InChI=1S/C17H27NO3/c1-14(2)21-13-17-7-4-10-20-16(17)6-8-18(12-17)11-15-5-3-9-19-15/h3,5,9,14,16H,4,6-8,10-13H2,1-2H3. The van der Waals surface area contributed by atoms with Crippen molar-refractivity contribution >= 4 is 0 Å². The molecule has 0 bridgehead atoms. The van der Waals surface area contributed by atoms with Gasteiger partial charge in [0.15, 0.2) is 0 Å². The summed E-state index contributed by atoms with van der Waals surface area (Å²) < 4.78 is 17.6. The summed E-state index contributed by atoms with van der Waals surface area (Å²) >= 11 is 0. The molecule has 118 valence electrons. The summed E-state index contributed by atoms with van der Waals surface area (Å²) in [7, 11) is 0. The highest BCUT2D eigenvalue weighted by atomic mass is 16.5. The van der Waals surface area contributed by atoms with Crippen LogP contribution in [0.15, 0.2) is 22.8 Å². The first-order valence-corrected chi connectivity index (χ1v) is 8.16. The van der Waals surface area contributed by atoms with E-state index in [0.717, 1.165) is 51.4 Å². The highest BCUT2D eigenvalue weighted by Crippen LogP contribution is 2.41. The molecule has 3 rings (SSSR count). The lowest BCUT2D eigenvalue weighted by Crippen LogP contribution is -2.56. The number of nitrogens with zero attached hydrogens (tertiary/aromatic N) is 1. The van der Waals surface area contributed by atoms with Gasteiger partial charge in [0.25, 0.3) is 0 Å². The van der Waals surface area contributed by atoms with E-state index in [1.807, 2.05) is 6.07 Å². The average molecular weight is 293 g/mol. The third-order valence-electron chi connectivity index (χ3n) is 4.73. The molecule has 21 heavy (non-hydrogen) atoms. The van der Waals surface area contributed by atoms with Gasteiger partial charge in [-0.25, -0.2) is 0 Å². The van der Waals surface area contributed by atoms with Gasteiger partial charge < -0.3 is 13.9 Å². The SMILES string of the molecule is CC(C)OCC12CCCOC1CCN(Cc1ccco1)C2. The fourth-order valence-electron chi connectivity index (χ4n) is 3.68. The Kier molecular flexibility index (Phi) is 4.67. The van der Waals surface area contributed by atoms with Crippen molar-refractivity contribution in [1.82, 2.24) is 4.90 Å². The van der Waals surface area contributed by atoms with Crippen LogP contribution in [-0.4, -0.2) is 43.4 Å². The number of hydrogen-bond acceptors (Lipinski definition) is 4. The number of rotatable bonds is 5. The van der Waals surface area contributed by atoms with Gasteiger partial charge in [-0.2, -0.15) is 0 Å². The van der Waals surface area contributed by atoms with Gasteiger partial charge in [0, 0.05) is 25.1 Å². The molecule has 0 N–H and O–H groups in total. The van der Waals surface area contributed by atoms with Crippen LogP contribution in [0.1, 0.15) is 38.9 Å². The largest absolute Gasteiger partial charge is 0.468 e. The summed E-state index contributed by atoms with van der Waals surface area (Å²) in [6, 6.07) is 4.02. The molecule has 2 fully saturated rings. The van der Waals surface area contributed by atoms with Gasteiger partial charge in [-0.3, -0.25) is 4.90 Å². The Bertz CT molecular complexity index is 431. The summed E-state index contributed by atoms with van der Waals surface area (Å²) in [4.78, 5) is 2.49. The molecule has 2 saturated heterocycles. The second-order valence-electron chi connectivity index (χ2n) is 6.76. The van der Waals surface area contributed by atoms with Gasteiger partial charge in [0.1, 0.15) is 5.76 Å². The molecule has 2 aliphatic heterocycles. The van der Waals surface area contributed by atoms with Crippen LogP contribution in [0.25, 0.3) is 0 Å². The maximum Gasteiger partial charge on any atom is 0.117 e. The van der Waals surface area contributed by atoms with Crippen molar-refractivity contribution in [3.05, 3.63) is 24.2 Å². The van der Waals surface area contributed by atoms with Gasteiger partial charge in [-0.1, -0.05) is 0 Å². The molecule has 3 heterocycles. The molecule has 0 aliphatic carbocycles. The highest BCUT2D eigenvalue weighted by Gasteiger charge is 2.46. The second-order valence-corrected chi connectivity index (χ2v) is 6.76. The Labute approximate surface area is 127 Å². The van der Waals surface area contributed by atoms with E-state index in [9.17, 15) is 0 Å². The number of fused-ring (bicyclic) bond motifs is 1. The molecule has 1 aromatic rings. The summed E-state index contributed by atoms with van der Waals surface area (Å²) in [5.74, 6) is 1.05. The van der Waals surface area contributed by atoms with E-state index in [0.29, 0.717) is 6.10 Å². The van der Waals surface area contributed by atoms with Crippen molar-refractivity contribution in [1.29, 1.82) is 0 Å². The minimum atomic E-state index is 0.160. The number of likely N-dealkylation sites (tertiary alicyclic amines) is 1. The quantitative estimate of drug-likeness (QED) is 0.835. The zero-order chi connectivity index (χ0) is 14.7. The smallest absolute Gasteiger partial charge is 0.117 e. The molecular weight excluding hydrogens is 266 g/mol. The number of ether oxygens (including phenoxy) is 2. The van der Waals surface area contributed by atoms with Crippen molar-refractivity contribution < 1.29 is 13.9 Å². The fraction of sp³-hybridized carbons (Fsp3) is 0.765. The van der Waals surface area contributed by atoms with Gasteiger partial charge in [-0.15, -0.1) is 0 Å². The Morgan fingerprint density at radius 3 is 3.14 bits per heavy atom. The van der Waals surface area contributed by atoms with E-state index >= 15 is 0 Å². The first-order chi connectivity index (χ1) is 10.2. The summed E-state index contributed by atoms with van der Waals surface area (Å²) in [6.45, 7) is 8.96. The predicted molar refractivity (Wildman–Crippen MR) is 81.1 cm³/mol. The van der Waals surface area contributed by atoms with Crippen molar-refractivity contribution in [3.63, 3.8) is 0 Å². The molecule has 4 nitrogen and oxygen atoms in total. The molecule has 0 radical (unpaired) electrons. The maximum absolute atomic E-state index is 6.07. The van der Waals surface area contributed by atoms with Crippen LogP contribution >= 0.6 is 0 Å². The van der Waals surface area contributed by atoms with E-state index in [1.54, 1.807) is 6.26 Å². The molecule has 0 aromatic carbocycles. The normalized spacial score (nSPS) is 30.5. The summed E-state index contributed by atoms with van der Waals surface area (Å²) in [6.07, 6.45) is 5.84. The Hall–Kier alpha value is -0.840. The van der Waals surface area contributed by atoms with Crippen molar-refractivity contribution in [2.75, 3.05) is 26.3 Å². The van der Waals surface area contributed by atoms with Gasteiger partial charge >= 0.3 is 0 Å². The van der Waals surface area contributed by atoms with E-state index in [-0.39, 0.29) is 11.5 Å². The van der Waals surface area contributed by atoms with Crippen LogP contribution in [0, 0.1) is 5.41 Å². The van der Waals surface area contributed by atoms with Crippen molar-refractivity contribution in [2.24, 2.45) is 5.41 Å². The Balaban J connectivity index is 1.68. The third-order valence-corrected chi connectivity index (χ3v) is 4.73. The molecule has 0 spiro atoms. The minimum Gasteiger partial charge on any atom is -0.468 e. The van der Waals surface area contributed by atoms with Crippen molar-refractivity contribution in [2.45, 2.75) is 51.9 Å². The van der Waals surface area contributed by atoms with Gasteiger partial charge in [0.2, 0.25) is 0 Å². The topological polar surface area (TPSA) is 34.8 Å². The molecular formula is C17H27NO3. The first-order valence-electron chi connectivity index (χ1n) is 8.16. The zero-order valence-corrected chi connectivity index (χ0v) is 13.2. The highest BCUT2D eigenvalue weighted by molar-refractivity contribution is 5.01. The number of hydrogen-bond donors (Lipinski definition) is 0. The van der Waals surface area contributed by atoms with E-state index < -0.39 is 0 Å². The third kappa shape index (κ3) is 3.50. The van der Waals surface area contributed by atoms with Crippen LogP contribution < -0.4 is 0 Å². The predicted octanol–water partition coefficient (Wildman–Crippen LogP) is 3.08. The monoisotopic (exact) mass is 293 g/mol. The van der Waals surface area contributed by atoms with Crippen LogP contribution in [-0.2, 0) is 16.0 Å². The number of piperidine rings is 1. The fourth-order valence-corrected chi connectivity index (χ4v) is 3.68. The number of furan rings is 1. The molecule has 2 unspecified atom stereocenters. The molecule has 4 heteroatoms. The maximum atomic E-state index is 6.07. The Morgan fingerprint density at radius 2 is 2.38 bits per heavy atom. The average Bonchev–Trinajstić information content (AvgIpc) is 2.98. The zero-order valence-electron chi connectivity index (χ0n) is 13.2. The molecule has 2 atom stereocenters. The Morgan fingerprint density at radius 1 is 1.48 bits per heavy atom. The van der Waals surface area contributed by atoms with Crippen molar-refractivity contribution in [3.8, 4) is 0 Å². The lowest BCUT2D eigenvalue weighted by atomic mass is 9.73. The van der Waals surface area contributed by atoms with Crippen LogP contribution in [0.2, 0.25) is 0 Å². The molecule has 2 aliphatic rings. The van der Waals surface area contributed by atoms with Gasteiger partial charge in [-0.05, 0) is 45.2 Å². The molecule has 1 aromatic heterocycles. The lowest BCUT2D eigenvalue weighted by molar-refractivity contribution is -0.160. The van der Waals surface area contributed by atoms with Crippen LogP contribution in [0.3, 0.4) is 0 Å². The molecule has 0 saturated carbocycles. The van der Waals surface area contributed by atoms with Gasteiger partial charge in [0.05, 0.1) is 31.6 Å².